The topological polar surface area (TPSA) is 180 Å². The molecule has 11 nitrogen and oxygen atoms in total. The zero-order chi connectivity index (χ0) is 34.4. The number of carbonyl (C=O) groups excluding carboxylic acids is 1. The van der Waals surface area contributed by atoms with Gasteiger partial charge in [0.1, 0.15) is 11.9 Å². The highest BCUT2D eigenvalue weighted by Crippen LogP contribution is 2.41. The Morgan fingerprint density at radius 3 is 2.13 bits per heavy atom. The summed E-state index contributed by atoms with van der Waals surface area (Å²) in [5, 5.41) is 40.4. The number of anilines is 1. The second-order valence-corrected chi connectivity index (χ2v) is 11.9. The summed E-state index contributed by atoms with van der Waals surface area (Å²) in [7, 11) is 0. The number of hydrogen-bond acceptors (Lipinski definition) is 9. The van der Waals surface area contributed by atoms with E-state index in [1.165, 1.54) is 64.2 Å². The van der Waals surface area contributed by atoms with Crippen LogP contribution in [0.4, 0.5) is 14.6 Å². The first-order chi connectivity index (χ1) is 22.0. The number of aliphatic hydroxyl groups excluding tert-OH is 4. The molecule has 0 spiro atoms. The molecule has 1 aromatic rings. The third kappa shape index (κ3) is 15.4. The minimum Gasteiger partial charge on any atom is -0.394 e. The third-order valence-electron chi connectivity index (χ3n) is 7.93. The molecular weight excluding hydrogens is 602 g/mol. The number of allylic oxidation sites excluding steroid dienone is 1. The number of ether oxygens (including phenoxy) is 1. The fourth-order valence-corrected chi connectivity index (χ4v) is 5.07. The largest absolute Gasteiger partial charge is 0.394 e. The van der Waals surface area contributed by atoms with E-state index in [2.05, 4.69) is 24.1 Å². The minimum atomic E-state index is -3.71. The molecule has 0 unspecified atom stereocenters. The Kier molecular flexibility index (Phi) is 21.5. The molecule has 1 aliphatic rings. The van der Waals surface area contributed by atoms with Gasteiger partial charge in [-0.25, -0.2) is 4.79 Å². The van der Waals surface area contributed by atoms with Crippen LogP contribution in [0.15, 0.2) is 29.2 Å². The van der Waals surface area contributed by atoms with Crippen molar-refractivity contribution in [2.24, 2.45) is 0 Å². The van der Waals surface area contributed by atoms with Crippen molar-refractivity contribution in [1.29, 1.82) is 0 Å². The lowest BCUT2D eigenvalue weighted by Crippen LogP contribution is -2.45. The fraction of sp³-hybridized carbons (Fsp3) is 0.788. The number of aromatic nitrogens is 2. The smallest absolute Gasteiger partial charge is 0.351 e. The van der Waals surface area contributed by atoms with Crippen LogP contribution in [0.1, 0.15) is 123 Å². The van der Waals surface area contributed by atoms with E-state index >= 15 is 0 Å². The van der Waals surface area contributed by atoms with Gasteiger partial charge in [-0.1, -0.05) is 103 Å². The Morgan fingerprint density at radius 2 is 1.61 bits per heavy atom. The first-order valence-electron chi connectivity index (χ1n) is 16.9. The van der Waals surface area contributed by atoms with E-state index in [9.17, 15) is 33.7 Å². The average molecular weight is 661 g/mol. The Bertz CT molecular complexity index is 1040. The number of unbranched alkanes of at least 4 members (excludes halogenated alkanes) is 13. The number of nitrogens with two attached hydrogens (primary N) is 1. The van der Waals surface area contributed by atoms with Gasteiger partial charge in [0.25, 0.3) is 0 Å². The highest BCUT2D eigenvalue weighted by molar-refractivity contribution is 5.76. The maximum Gasteiger partial charge on any atom is 0.351 e. The predicted octanol–water partition coefficient (Wildman–Crippen LogP) is 4.37. The third-order valence-corrected chi connectivity index (χ3v) is 7.93. The molecule has 0 radical (unpaired) electrons. The number of nitrogens with one attached hydrogen (secondary N) is 1. The van der Waals surface area contributed by atoms with Gasteiger partial charge in [0.15, 0.2) is 6.10 Å². The Labute approximate surface area is 272 Å². The van der Waals surface area contributed by atoms with Crippen molar-refractivity contribution in [3.63, 3.8) is 0 Å². The molecule has 46 heavy (non-hydrogen) atoms. The summed E-state index contributed by atoms with van der Waals surface area (Å²) >= 11 is 0. The number of hydrogen-bond donors (Lipinski definition) is 6. The van der Waals surface area contributed by atoms with E-state index in [4.69, 9.17) is 15.6 Å². The standard InChI is InChI=1S/C24H47NO3.C9H11F2N3O4/c1-3-5-7-8-9-10-11-12-13-14-15-16-18-19-23(27)22(21-26)25-24(28)20-17-6-4-2;10-9(11)6(16)4(3-15)18-7(9)14-2-1-5(12)13-8(14)17/h18-19,22-23,26-27H,3-17,20-21H2,1-2H3,(H,25,28);1-2,4,6-7,15-16H,3H2,(H2,12,13,17)/b19-18+;/t22-,23+;4-,6-,7-/m01/s1. The van der Waals surface area contributed by atoms with Gasteiger partial charge in [0, 0.05) is 12.6 Å². The van der Waals surface area contributed by atoms with Crippen LogP contribution in [0.3, 0.4) is 0 Å². The molecule has 1 aliphatic heterocycles. The SMILES string of the molecule is CCCCCCCCCCCCC/C=C/[C@@H](O)[C@H](CO)NC(=O)CCCCC.Nc1ccn([C@@H]2O[C@H](CO)[C@@H](O)C2(F)F)c(=O)n1. The molecule has 7 N–H and O–H groups in total. The van der Waals surface area contributed by atoms with Crippen LogP contribution in [0.25, 0.3) is 0 Å². The monoisotopic (exact) mass is 660 g/mol. The van der Waals surface area contributed by atoms with Gasteiger partial charge >= 0.3 is 11.6 Å². The molecule has 0 aliphatic carbocycles. The molecule has 5 atom stereocenters. The Hall–Kier alpha value is -2.45. The van der Waals surface area contributed by atoms with E-state index in [-0.39, 0.29) is 18.3 Å². The van der Waals surface area contributed by atoms with Crippen molar-refractivity contribution in [2.75, 3.05) is 18.9 Å². The van der Waals surface area contributed by atoms with Crippen LogP contribution in [0.5, 0.6) is 0 Å². The molecule has 1 fully saturated rings. The normalized spacial score (nSPS) is 20.3. The number of alkyl halides is 2. The quantitative estimate of drug-likeness (QED) is 0.0778. The number of halogens is 2. The summed E-state index contributed by atoms with van der Waals surface area (Å²) in [6.45, 7) is 3.32. The minimum absolute atomic E-state index is 0.0923. The lowest BCUT2D eigenvalue weighted by molar-refractivity contribution is -0.140. The first kappa shape index (κ1) is 41.6. The maximum absolute atomic E-state index is 13.7. The first-order valence-corrected chi connectivity index (χ1v) is 16.9. The van der Waals surface area contributed by atoms with Crippen molar-refractivity contribution in [3.05, 3.63) is 34.9 Å². The second kappa shape index (κ2) is 23.8. The van der Waals surface area contributed by atoms with E-state index in [0.29, 0.717) is 11.0 Å². The summed E-state index contributed by atoms with van der Waals surface area (Å²) in [6.07, 6.45) is 17.1. The fourth-order valence-electron chi connectivity index (χ4n) is 5.07. The van der Waals surface area contributed by atoms with Crippen molar-refractivity contribution in [2.45, 2.75) is 153 Å². The Morgan fingerprint density at radius 1 is 1.04 bits per heavy atom. The molecule has 1 saturated heterocycles. The molecule has 13 heteroatoms. The number of carbonyl (C=O) groups is 1. The van der Waals surface area contributed by atoms with Gasteiger partial charge < -0.3 is 36.2 Å². The van der Waals surface area contributed by atoms with Crippen LogP contribution >= 0.6 is 0 Å². The van der Waals surface area contributed by atoms with Crippen molar-refractivity contribution < 1.29 is 38.7 Å². The molecule has 1 aromatic heterocycles. The molecule has 2 heterocycles. The second-order valence-electron chi connectivity index (χ2n) is 11.9. The summed E-state index contributed by atoms with van der Waals surface area (Å²) in [5.41, 5.74) is 4.21. The van der Waals surface area contributed by atoms with Crippen molar-refractivity contribution in [3.8, 4) is 0 Å². The van der Waals surface area contributed by atoms with Gasteiger partial charge in [-0.15, -0.1) is 0 Å². The zero-order valence-corrected chi connectivity index (χ0v) is 27.7. The highest BCUT2D eigenvalue weighted by atomic mass is 19.3. The van der Waals surface area contributed by atoms with E-state index in [1.807, 2.05) is 6.08 Å². The number of nitrogen functional groups attached to an aromatic ring is 1. The molecule has 2 rings (SSSR count). The van der Waals surface area contributed by atoms with Crippen molar-refractivity contribution in [1.82, 2.24) is 14.9 Å². The van der Waals surface area contributed by atoms with E-state index in [0.717, 1.165) is 44.4 Å². The van der Waals surface area contributed by atoms with Gasteiger partial charge in [-0.2, -0.15) is 13.8 Å². The summed E-state index contributed by atoms with van der Waals surface area (Å²) in [6, 6.07) is 0.544. The molecule has 266 valence electrons. The van der Waals surface area contributed by atoms with Crippen LogP contribution < -0.4 is 16.7 Å². The zero-order valence-electron chi connectivity index (χ0n) is 27.7. The number of aliphatic hydroxyl groups is 4. The number of nitrogens with zero attached hydrogens (tertiary/aromatic N) is 2. The number of rotatable bonds is 22. The average Bonchev–Trinajstić information content (AvgIpc) is 3.25. The van der Waals surface area contributed by atoms with Gasteiger partial charge in [0.05, 0.1) is 25.4 Å². The molecule has 0 saturated carbocycles. The highest BCUT2D eigenvalue weighted by Gasteiger charge is 2.59. The summed E-state index contributed by atoms with van der Waals surface area (Å²) in [4.78, 5) is 26.5. The molecule has 1 amide bonds. The maximum atomic E-state index is 13.7. The lowest BCUT2D eigenvalue weighted by atomic mass is 10.0. The van der Waals surface area contributed by atoms with Crippen LogP contribution in [-0.2, 0) is 9.53 Å². The predicted molar refractivity (Wildman–Crippen MR) is 174 cm³/mol. The van der Waals surface area contributed by atoms with Crippen LogP contribution in [0, 0.1) is 0 Å². The molecule has 0 aromatic carbocycles. The number of amides is 1. The van der Waals surface area contributed by atoms with Gasteiger partial charge in [-0.3, -0.25) is 9.36 Å². The van der Waals surface area contributed by atoms with Crippen molar-refractivity contribution >= 4 is 11.7 Å². The molecule has 0 bridgehead atoms. The van der Waals surface area contributed by atoms with Crippen LogP contribution in [0.2, 0.25) is 0 Å². The van der Waals surface area contributed by atoms with Gasteiger partial charge in [-0.05, 0) is 25.3 Å². The van der Waals surface area contributed by atoms with Crippen LogP contribution in [-0.4, -0.2) is 79.4 Å². The molecular formula is C33H58F2N4O7. The van der Waals surface area contributed by atoms with E-state index < -0.39 is 48.8 Å². The van der Waals surface area contributed by atoms with E-state index in [1.54, 1.807) is 6.08 Å². The Balaban J connectivity index is 0.000000501. The summed E-state index contributed by atoms with van der Waals surface area (Å²) in [5.74, 6) is -3.92. The summed E-state index contributed by atoms with van der Waals surface area (Å²) < 4.78 is 32.7. The van der Waals surface area contributed by atoms with Gasteiger partial charge in [0.2, 0.25) is 12.1 Å². The lowest BCUT2D eigenvalue weighted by Gasteiger charge is -2.20.